The summed E-state index contributed by atoms with van der Waals surface area (Å²) in [6, 6.07) is 4.14. The molecule has 2 aromatic rings. The van der Waals surface area contributed by atoms with Crippen LogP contribution >= 0.6 is 0 Å². The van der Waals surface area contributed by atoms with E-state index in [0.29, 0.717) is 11.4 Å². The topological polar surface area (TPSA) is 99.3 Å². The Morgan fingerprint density at radius 3 is 2.75 bits per heavy atom. The number of benzene rings is 1. The van der Waals surface area contributed by atoms with Gasteiger partial charge in [0.15, 0.2) is 0 Å². The van der Waals surface area contributed by atoms with Crippen molar-refractivity contribution in [3.8, 4) is 0 Å². The number of aromatic nitrogens is 2. The Kier molecular flexibility index (Phi) is 3.65. The monoisotopic (exact) mass is 276 g/mol. The highest BCUT2D eigenvalue weighted by atomic mass is 16.6. The molecule has 0 saturated carbocycles. The molecule has 104 valence electrons. The van der Waals surface area contributed by atoms with Gasteiger partial charge in [0.2, 0.25) is 0 Å². The highest BCUT2D eigenvalue weighted by molar-refractivity contribution is 5.95. The number of anilines is 2. The molecule has 1 aromatic heterocycles. The molecule has 0 unspecified atom stereocenters. The quantitative estimate of drug-likeness (QED) is 0.519. The molecule has 8 heteroatoms. The molecule has 0 spiro atoms. The fourth-order valence-corrected chi connectivity index (χ4v) is 1.70. The number of ether oxygens (including phenoxy) is 1. The molecular formula is C12H12N4O4. The molecule has 1 N–H and O–H groups in total. The lowest BCUT2D eigenvalue weighted by molar-refractivity contribution is -0.385. The second-order valence-corrected chi connectivity index (χ2v) is 4.01. The maximum atomic E-state index is 11.6. The number of hydrogen-bond donors (Lipinski definition) is 1. The maximum Gasteiger partial charge on any atom is 0.344 e. The molecule has 0 aliphatic heterocycles. The summed E-state index contributed by atoms with van der Waals surface area (Å²) in [4.78, 5) is 21.8. The Morgan fingerprint density at radius 1 is 1.45 bits per heavy atom. The van der Waals surface area contributed by atoms with E-state index in [-0.39, 0.29) is 11.3 Å². The van der Waals surface area contributed by atoms with E-state index in [4.69, 9.17) is 0 Å². The zero-order valence-electron chi connectivity index (χ0n) is 10.9. The molecular weight excluding hydrogens is 264 g/mol. The number of rotatable bonds is 4. The van der Waals surface area contributed by atoms with Crippen molar-refractivity contribution >= 4 is 23.0 Å². The lowest BCUT2D eigenvalue weighted by Crippen LogP contribution is -2.06. The standard InChI is InChI=1S/C12H12N4O4/c1-15-7-9(6-13-15)14-8-3-4-11(16(18)19)10(5-8)12(17)20-2/h3-7,14H,1-2H3. The summed E-state index contributed by atoms with van der Waals surface area (Å²) < 4.78 is 6.15. The van der Waals surface area contributed by atoms with E-state index < -0.39 is 10.9 Å². The Morgan fingerprint density at radius 2 is 2.20 bits per heavy atom. The van der Waals surface area contributed by atoms with Crippen LogP contribution in [-0.4, -0.2) is 27.8 Å². The second kappa shape index (κ2) is 5.39. The van der Waals surface area contributed by atoms with Gasteiger partial charge in [-0.15, -0.1) is 0 Å². The third kappa shape index (κ3) is 2.74. The van der Waals surface area contributed by atoms with Crippen LogP contribution in [0.3, 0.4) is 0 Å². The van der Waals surface area contributed by atoms with Gasteiger partial charge >= 0.3 is 5.97 Å². The van der Waals surface area contributed by atoms with Crippen molar-refractivity contribution in [2.45, 2.75) is 0 Å². The highest BCUT2D eigenvalue weighted by Crippen LogP contribution is 2.25. The van der Waals surface area contributed by atoms with Gasteiger partial charge in [0.1, 0.15) is 5.56 Å². The number of carbonyl (C=O) groups excluding carboxylic acids is 1. The fraction of sp³-hybridized carbons (Fsp3) is 0.167. The molecule has 2 rings (SSSR count). The van der Waals surface area contributed by atoms with Crippen molar-refractivity contribution in [2.75, 3.05) is 12.4 Å². The van der Waals surface area contributed by atoms with Gasteiger partial charge in [-0.05, 0) is 12.1 Å². The van der Waals surface area contributed by atoms with Crippen molar-refractivity contribution in [2.24, 2.45) is 7.05 Å². The summed E-state index contributed by atoms with van der Waals surface area (Å²) in [5.74, 6) is -0.758. The van der Waals surface area contributed by atoms with Crippen molar-refractivity contribution in [3.63, 3.8) is 0 Å². The molecule has 1 aromatic carbocycles. The van der Waals surface area contributed by atoms with Crippen molar-refractivity contribution in [1.82, 2.24) is 9.78 Å². The predicted octanol–water partition coefficient (Wildman–Crippen LogP) is 1.86. The Balaban J connectivity index is 2.36. The van der Waals surface area contributed by atoms with Gasteiger partial charge in [0, 0.05) is 25.0 Å². The summed E-state index contributed by atoms with van der Waals surface area (Å²) in [7, 11) is 2.94. The highest BCUT2D eigenvalue weighted by Gasteiger charge is 2.21. The van der Waals surface area contributed by atoms with Gasteiger partial charge in [-0.2, -0.15) is 5.10 Å². The minimum absolute atomic E-state index is 0.105. The van der Waals surface area contributed by atoms with E-state index in [9.17, 15) is 14.9 Å². The van der Waals surface area contributed by atoms with Gasteiger partial charge in [-0.25, -0.2) is 4.79 Å². The largest absolute Gasteiger partial charge is 0.465 e. The van der Waals surface area contributed by atoms with E-state index in [2.05, 4.69) is 15.2 Å². The minimum Gasteiger partial charge on any atom is -0.465 e. The lowest BCUT2D eigenvalue weighted by atomic mass is 10.1. The molecule has 8 nitrogen and oxygen atoms in total. The number of esters is 1. The van der Waals surface area contributed by atoms with Crippen LogP contribution in [-0.2, 0) is 11.8 Å². The van der Waals surface area contributed by atoms with Gasteiger partial charge in [-0.3, -0.25) is 14.8 Å². The summed E-state index contributed by atoms with van der Waals surface area (Å²) in [5, 5.41) is 17.9. The second-order valence-electron chi connectivity index (χ2n) is 4.01. The zero-order chi connectivity index (χ0) is 14.7. The zero-order valence-corrected chi connectivity index (χ0v) is 10.9. The first-order valence-corrected chi connectivity index (χ1v) is 5.63. The maximum absolute atomic E-state index is 11.6. The molecule has 0 aliphatic rings. The van der Waals surface area contributed by atoms with Gasteiger partial charge in [-0.1, -0.05) is 0 Å². The first kappa shape index (κ1) is 13.5. The van der Waals surface area contributed by atoms with Crippen molar-refractivity contribution in [1.29, 1.82) is 0 Å². The van der Waals surface area contributed by atoms with Gasteiger partial charge in [0.25, 0.3) is 5.69 Å². The van der Waals surface area contributed by atoms with Crippen LogP contribution in [0, 0.1) is 10.1 Å². The molecule has 0 saturated heterocycles. The SMILES string of the molecule is COC(=O)c1cc(Nc2cnn(C)c2)ccc1[N+](=O)[O-]. The van der Waals surface area contributed by atoms with E-state index in [0.717, 1.165) is 0 Å². The van der Waals surface area contributed by atoms with Crippen LogP contribution in [0.4, 0.5) is 17.1 Å². The molecule has 1 heterocycles. The van der Waals surface area contributed by atoms with Crippen molar-refractivity contribution in [3.05, 3.63) is 46.3 Å². The normalized spacial score (nSPS) is 10.1. The summed E-state index contributed by atoms with van der Waals surface area (Å²) in [6.07, 6.45) is 3.33. The van der Waals surface area contributed by atoms with E-state index in [1.807, 2.05) is 0 Å². The molecule has 0 radical (unpaired) electrons. The minimum atomic E-state index is -0.758. The first-order chi connectivity index (χ1) is 9.51. The number of aryl methyl sites for hydroxylation is 1. The molecule has 0 bridgehead atoms. The number of hydrogen-bond acceptors (Lipinski definition) is 6. The number of carbonyl (C=O) groups is 1. The third-order valence-corrected chi connectivity index (χ3v) is 2.59. The van der Waals surface area contributed by atoms with E-state index in [1.54, 1.807) is 24.1 Å². The average molecular weight is 276 g/mol. The molecule has 0 aliphatic carbocycles. The molecule has 0 amide bonds. The number of methoxy groups -OCH3 is 1. The van der Waals surface area contributed by atoms with Crippen LogP contribution in [0.5, 0.6) is 0 Å². The average Bonchev–Trinajstić information content (AvgIpc) is 2.82. The first-order valence-electron chi connectivity index (χ1n) is 5.63. The van der Waals surface area contributed by atoms with Crippen LogP contribution < -0.4 is 5.32 Å². The van der Waals surface area contributed by atoms with E-state index in [1.165, 1.54) is 25.3 Å². The van der Waals surface area contributed by atoms with Gasteiger partial charge < -0.3 is 10.1 Å². The van der Waals surface area contributed by atoms with Crippen LogP contribution in [0.15, 0.2) is 30.6 Å². The molecule has 0 atom stereocenters. The van der Waals surface area contributed by atoms with Gasteiger partial charge in [0.05, 0.1) is 23.9 Å². The number of nitrogens with one attached hydrogen (secondary N) is 1. The molecule has 0 fully saturated rings. The smallest absolute Gasteiger partial charge is 0.344 e. The predicted molar refractivity (Wildman–Crippen MR) is 70.9 cm³/mol. The Hall–Kier alpha value is -2.90. The van der Waals surface area contributed by atoms with Crippen LogP contribution in [0.1, 0.15) is 10.4 Å². The Bertz CT molecular complexity index is 665. The Labute approximate surface area is 114 Å². The lowest BCUT2D eigenvalue weighted by Gasteiger charge is -2.06. The third-order valence-electron chi connectivity index (χ3n) is 2.59. The van der Waals surface area contributed by atoms with E-state index >= 15 is 0 Å². The van der Waals surface area contributed by atoms with Crippen LogP contribution in [0.2, 0.25) is 0 Å². The molecule has 20 heavy (non-hydrogen) atoms. The summed E-state index contributed by atoms with van der Waals surface area (Å²) >= 11 is 0. The fourth-order valence-electron chi connectivity index (χ4n) is 1.70. The number of nitro benzene ring substituents is 1. The number of nitro groups is 1. The number of nitrogens with zero attached hydrogens (tertiary/aromatic N) is 3. The van der Waals surface area contributed by atoms with Crippen molar-refractivity contribution < 1.29 is 14.5 Å². The summed E-state index contributed by atoms with van der Waals surface area (Å²) in [5.41, 5.74) is 0.834. The summed E-state index contributed by atoms with van der Waals surface area (Å²) in [6.45, 7) is 0. The van der Waals surface area contributed by atoms with Crippen LogP contribution in [0.25, 0.3) is 0 Å².